The van der Waals surface area contributed by atoms with Gasteiger partial charge in [-0.15, -0.1) is 0 Å². The fraction of sp³-hybridized carbons (Fsp3) is 0.679. The van der Waals surface area contributed by atoms with Gasteiger partial charge in [-0.1, -0.05) is 58.4 Å². The van der Waals surface area contributed by atoms with Gasteiger partial charge in [0.15, 0.2) is 0 Å². The number of fused-ring (bicyclic) bond motifs is 1. The number of carbonyl (C=O) groups is 3. The Balaban J connectivity index is 1.30. The molecule has 1 spiro atoms. The van der Waals surface area contributed by atoms with Gasteiger partial charge in [0.2, 0.25) is 5.91 Å². The number of hydrogen-bond acceptors (Lipinski definition) is 4. The lowest BCUT2D eigenvalue weighted by Crippen LogP contribution is -2.51. The largest absolute Gasteiger partial charge is 0.353 e. The predicted molar refractivity (Wildman–Crippen MR) is 137 cm³/mol. The molecule has 1 aromatic rings. The zero-order valence-corrected chi connectivity index (χ0v) is 21.9. The molecule has 7 nitrogen and oxygen atoms in total. The molecule has 4 rings (SSSR count). The van der Waals surface area contributed by atoms with Crippen molar-refractivity contribution in [2.75, 3.05) is 19.6 Å². The highest BCUT2D eigenvalue weighted by molar-refractivity contribution is 6.09. The molecule has 0 aromatic heterocycles. The first kappa shape index (κ1) is 25.7. The number of carbonyl (C=O) groups excluding carboxylic acids is 3. The van der Waals surface area contributed by atoms with Crippen LogP contribution in [0.4, 0.5) is 4.79 Å². The van der Waals surface area contributed by atoms with Crippen LogP contribution in [0.5, 0.6) is 0 Å². The number of amides is 4. The Morgan fingerprint density at radius 1 is 1.17 bits per heavy atom. The van der Waals surface area contributed by atoms with Gasteiger partial charge in [-0.2, -0.15) is 0 Å². The third kappa shape index (κ3) is 5.25. The van der Waals surface area contributed by atoms with Crippen LogP contribution >= 0.6 is 0 Å². The molecule has 2 fully saturated rings. The molecule has 192 valence electrons. The number of rotatable bonds is 8. The molecule has 1 aliphatic carbocycles. The van der Waals surface area contributed by atoms with Crippen molar-refractivity contribution in [3.63, 3.8) is 0 Å². The van der Waals surface area contributed by atoms with Gasteiger partial charge in [0, 0.05) is 25.7 Å². The lowest BCUT2D eigenvalue weighted by molar-refractivity contribution is -0.136. The number of nitrogens with one attached hydrogen (secondary N) is 2. The van der Waals surface area contributed by atoms with E-state index in [0.717, 1.165) is 50.1 Å². The molecule has 2 aliphatic heterocycles. The molecule has 0 bridgehead atoms. The average molecular weight is 483 g/mol. The van der Waals surface area contributed by atoms with E-state index in [1.54, 1.807) is 0 Å². The zero-order chi connectivity index (χ0) is 25.2. The summed E-state index contributed by atoms with van der Waals surface area (Å²) in [6, 6.07) is 8.32. The van der Waals surface area contributed by atoms with Crippen molar-refractivity contribution >= 4 is 17.8 Å². The summed E-state index contributed by atoms with van der Waals surface area (Å²) < 4.78 is 0. The minimum atomic E-state index is -0.829. The summed E-state index contributed by atoms with van der Waals surface area (Å²) in [6.45, 7) is 11.1. The number of nitrogens with zero attached hydrogens (tertiary/aromatic N) is 2. The van der Waals surface area contributed by atoms with Crippen LogP contribution < -0.4 is 10.6 Å². The fourth-order valence-electron chi connectivity index (χ4n) is 6.13. The normalized spacial score (nSPS) is 25.9. The van der Waals surface area contributed by atoms with Crippen molar-refractivity contribution in [1.29, 1.82) is 0 Å². The van der Waals surface area contributed by atoms with E-state index in [9.17, 15) is 14.4 Å². The first-order chi connectivity index (χ1) is 16.7. The van der Waals surface area contributed by atoms with Crippen molar-refractivity contribution in [3.8, 4) is 0 Å². The van der Waals surface area contributed by atoms with Crippen molar-refractivity contribution in [3.05, 3.63) is 35.4 Å². The summed E-state index contributed by atoms with van der Waals surface area (Å²) in [5.74, 6) is 0.0419. The van der Waals surface area contributed by atoms with E-state index in [1.165, 1.54) is 11.1 Å². The molecule has 4 amide bonds. The summed E-state index contributed by atoms with van der Waals surface area (Å²) in [6.07, 6.45) is 6.18. The second-order valence-corrected chi connectivity index (χ2v) is 11.4. The zero-order valence-electron chi connectivity index (χ0n) is 21.9. The van der Waals surface area contributed by atoms with Crippen molar-refractivity contribution in [1.82, 2.24) is 20.4 Å². The fourth-order valence-corrected chi connectivity index (χ4v) is 6.13. The first-order valence-electron chi connectivity index (χ1n) is 13.4. The molecule has 1 saturated heterocycles. The van der Waals surface area contributed by atoms with Crippen molar-refractivity contribution in [2.24, 2.45) is 11.3 Å². The van der Waals surface area contributed by atoms with Gasteiger partial charge in [0.05, 0.1) is 0 Å². The molecule has 2 heterocycles. The average Bonchev–Trinajstić information content (AvgIpc) is 3.08. The monoisotopic (exact) mass is 482 g/mol. The Bertz CT molecular complexity index is 951. The quantitative estimate of drug-likeness (QED) is 0.552. The van der Waals surface area contributed by atoms with Gasteiger partial charge in [-0.05, 0) is 61.0 Å². The van der Waals surface area contributed by atoms with E-state index < -0.39 is 11.6 Å². The molecule has 7 heteroatoms. The lowest BCUT2D eigenvalue weighted by atomic mass is 9.65. The Labute approximate surface area is 210 Å². The maximum absolute atomic E-state index is 13.3. The van der Waals surface area contributed by atoms with E-state index in [1.807, 2.05) is 0 Å². The van der Waals surface area contributed by atoms with E-state index in [4.69, 9.17) is 0 Å². The molecule has 1 atom stereocenters. The molecule has 1 saturated carbocycles. The van der Waals surface area contributed by atoms with E-state index >= 15 is 0 Å². The van der Waals surface area contributed by atoms with Gasteiger partial charge in [0.25, 0.3) is 5.91 Å². The summed E-state index contributed by atoms with van der Waals surface area (Å²) in [5.41, 5.74) is 2.16. The Hall–Kier alpha value is -2.41. The van der Waals surface area contributed by atoms with Gasteiger partial charge in [0.1, 0.15) is 12.1 Å². The van der Waals surface area contributed by atoms with E-state index in [0.29, 0.717) is 25.3 Å². The second-order valence-electron chi connectivity index (χ2n) is 11.4. The highest BCUT2D eigenvalue weighted by Gasteiger charge is 2.53. The maximum atomic E-state index is 13.3. The smallest absolute Gasteiger partial charge is 0.325 e. The van der Waals surface area contributed by atoms with Crippen LogP contribution in [-0.2, 0) is 22.6 Å². The van der Waals surface area contributed by atoms with Crippen LogP contribution in [0, 0.1) is 11.3 Å². The van der Waals surface area contributed by atoms with Gasteiger partial charge in [-0.3, -0.25) is 19.4 Å². The third-order valence-corrected chi connectivity index (χ3v) is 9.09. The second kappa shape index (κ2) is 10.3. The number of hydrogen-bond donors (Lipinski definition) is 2. The minimum Gasteiger partial charge on any atom is -0.353 e. The Morgan fingerprint density at radius 3 is 2.51 bits per heavy atom. The highest BCUT2D eigenvalue weighted by atomic mass is 16.2. The molecule has 1 aromatic carbocycles. The van der Waals surface area contributed by atoms with Crippen LogP contribution in [0.2, 0.25) is 0 Å². The van der Waals surface area contributed by atoms with Crippen LogP contribution in [0.15, 0.2) is 24.3 Å². The van der Waals surface area contributed by atoms with Gasteiger partial charge < -0.3 is 10.6 Å². The van der Waals surface area contributed by atoms with E-state index in [-0.39, 0.29) is 29.8 Å². The van der Waals surface area contributed by atoms with E-state index in [2.05, 4.69) is 67.5 Å². The summed E-state index contributed by atoms with van der Waals surface area (Å²) in [4.78, 5) is 42.3. The van der Waals surface area contributed by atoms with Crippen LogP contribution in [-0.4, -0.2) is 58.9 Å². The topological polar surface area (TPSA) is 81.8 Å². The molecular formula is C28H42N4O3. The molecular weight excluding hydrogens is 440 g/mol. The standard InChI is InChI=1S/C28H42N4O3/c1-5-23(31-16-13-20-9-7-8-10-21(20)18-31)17-29-24(33)19-32-25(34)28(30-26(32)35)14-11-22(12-15-28)27(3,4)6-2/h7-10,22-23H,5-6,11-19H2,1-4H3,(H,29,33)(H,30,35). The first-order valence-corrected chi connectivity index (χ1v) is 13.4. The minimum absolute atomic E-state index is 0.213. The van der Waals surface area contributed by atoms with Gasteiger partial charge in [-0.25, -0.2) is 4.79 Å². The van der Waals surface area contributed by atoms with Crippen LogP contribution in [0.1, 0.15) is 77.3 Å². The maximum Gasteiger partial charge on any atom is 0.325 e. The summed E-state index contributed by atoms with van der Waals surface area (Å²) in [5, 5.41) is 5.95. The SMILES string of the molecule is CCC(CNC(=O)CN1C(=O)NC2(CCC(C(C)(C)CC)CC2)C1=O)N1CCc2ccccc2C1. The summed E-state index contributed by atoms with van der Waals surface area (Å²) in [7, 11) is 0. The lowest BCUT2D eigenvalue weighted by Gasteiger charge is -2.42. The highest BCUT2D eigenvalue weighted by Crippen LogP contribution is 2.45. The van der Waals surface area contributed by atoms with Crippen molar-refractivity contribution < 1.29 is 14.4 Å². The molecule has 35 heavy (non-hydrogen) atoms. The summed E-state index contributed by atoms with van der Waals surface area (Å²) >= 11 is 0. The number of benzene rings is 1. The predicted octanol–water partition coefficient (Wildman–Crippen LogP) is 3.86. The third-order valence-electron chi connectivity index (χ3n) is 9.09. The van der Waals surface area contributed by atoms with Crippen LogP contribution in [0.25, 0.3) is 0 Å². The van der Waals surface area contributed by atoms with Gasteiger partial charge >= 0.3 is 6.03 Å². The van der Waals surface area contributed by atoms with Crippen LogP contribution in [0.3, 0.4) is 0 Å². The molecule has 2 N–H and O–H groups in total. The Kier molecular flexibility index (Phi) is 7.55. The molecule has 1 unspecified atom stereocenters. The molecule has 3 aliphatic rings. The molecule has 0 radical (unpaired) electrons. The van der Waals surface area contributed by atoms with Crippen molar-refractivity contribution in [2.45, 2.75) is 90.8 Å². The number of imide groups is 1. The Morgan fingerprint density at radius 2 is 1.86 bits per heavy atom. The number of urea groups is 1.